The van der Waals surface area contributed by atoms with Gasteiger partial charge in [0.2, 0.25) is 11.8 Å². The monoisotopic (exact) mass is 372 g/mol. The molecule has 142 valence electrons. The van der Waals surface area contributed by atoms with Crippen LogP contribution in [0.25, 0.3) is 0 Å². The van der Waals surface area contributed by atoms with Crippen LogP contribution >= 0.6 is 0 Å². The Bertz CT molecular complexity index is 852. The highest BCUT2D eigenvalue weighted by Crippen LogP contribution is 2.26. The van der Waals surface area contributed by atoms with E-state index < -0.39 is 17.6 Å². The average molecular weight is 372 g/mol. The van der Waals surface area contributed by atoms with Crippen LogP contribution in [-0.4, -0.2) is 29.8 Å². The molecular weight excluding hydrogens is 350 g/mol. The zero-order valence-corrected chi connectivity index (χ0v) is 15.4. The van der Waals surface area contributed by atoms with Gasteiger partial charge in [-0.1, -0.05) is 29.8 Å². The van der Waals surface area contributed by atoms with E-state index in [1.165, 1.54) is 11.0 Å². The lowest BCUT2D eigenvalue weighted by Crippen LogP contribution is -2.37. The second-order valence-corrected chi connectivity index (χ2v) is 6.84. The highest BCUT2D eigenvalue weighted by molar-refractivity contribution is 5.99. The number of carbonyl (C=O) groups excluding carboxylic acids is 2. The van der Waals surface area contributed by atoms with Crippen molar-refractivity contribution in [1.29, 1.82) is 0 Å². The summed E-state index contributed by atoms with van der Waals surface area (Å²) >= 11 is 0. The molecule has 1 fully saturated rings. The van der Waals surface area contributed by atoms with Crippen LogP contribution in [0.15, 0.2) is 42.5 Å². The SMILES string of the molecule is CCN(C(=O)C1CC(=O)N(Cc2ccc(C)cc2)C1)c1ccc(F)c(F)c1. The maximum absolute atomic E-state index is 13.5. The molecule has 0 saturated carbocycles. The van der Waals surface area contributed by atoms with E-state index in [1.54, 1.807) is 11.8 Å². The molecule has 0 N–H and O–H groups in total. The molecule has 27 heavy (non-hydrogen) atoms. The van der Waals surface area contributed by atoms with Crippen molar-refractivity contribution in [1.82, 2.24) is 4.90 Å². The number of anilines is 1. The first-order chi connectivity index (χ1) is 12.9. The fraction of sp³-hybridized carbons (Fsp3) is 0.333. The van der Waals surface area contributed by atoms with E-state index in [4.69, 9.17) is 0 Å². The first kappa shape index (κ1) is 19.0. The zero-order valence-electron chi connectivity index (χ0n) is 15.4. The summed E-state index contributed by atoms with van der Waals surface area (Å²) in [7, 11) is 0. The number of aryl methyl sites for hydroxylation is 1. The van der Waals surface area contributed by atoms with Gasteiger partial charge in [0.05, 0.1) is 5.92 Å². The minimum atomic E-state index is -0.998. The standard InChI is InChI=1S/C21H22F2N2O2/c1-3-25(17-8-9-18(22)19(23)11-17)21(27)16-10-20(26)24(13-16)12-15-6-4-14(2)5-7-15/h4-9,11,16H,3,10,12-13H2,1-2H3. The third-order valence-corrected chi connectivity index (χ3v) is 4.85. The lowest BCUT2D eigenvalue weighted by molar-refractivity contribution is -0.128. The number of hydrogen-bond acceptors (Lipinski definition) is 2. The van der Waals surface area contributed by atoms with Crippen LogP contribution in [0.1, 0.15) is 24.5 Å². The van der Waals surface area contributed by atoms with Crippen LogP contribution in [0.2, 0.25) is 0 Å². The molecule has 0 aliphatic carbocycles. The first-order valence-corrected chi connectivity index (χ1v) is 8.98. The Labute approximate surface area is 157 Å². The molecule has 2 amide bonds. The highest BCUT2D eigenvalue weighted by Gasteiger charge is 2.36. The van der Waals surface area contributed by atoms with Gasteiger partial charge in [0.25, 0.3) is 0 Å². The highest BCUT2D eigenvalue weighted by atomic mass is 19.2. The molecule has 0 aromatic heterocycles. The Morgan fingerprint density at radius 3 is 2.48 bits per heavy atom. The summed E-state index contributed by atoms with van der Waals surface area (Å²) in [6.45, 7) is 4.86. The van der Waals surface area contributed by atoms with Crippen molar-refractivity contribution in [3.63, 3.8) is 0 Å². The van der Waals surface area contributed by atoms with Crippen molar-refractivity contribution in [2.45, 2.75) is 26.8 Å². The molecule has 3 rings (SSSR count). The lowest BCUT2D eigenvalue weighted by Gasteiger charge is -2.24. The molecule has 4 nitrogen and oxygen atoms in total. The van der Waals surface area contributed by atoms with Crippen molar-refractivity contribution in [2.24, 2.45) is 5.92 Å². The van der Waals surface area contributed by atoms with Crippen molar-refractivity contribution >= 4 is 17.5 Å². The van der Waals surface area contributed by atoms with E-state index in [-0.39, 0.29) is 18.2 Å². The summed E-state index contributed by atoms with van der Waals surface area (Å²) in [5.41, 5.74) is 2.45. The van der Waals surface area contributed by atoms with Crippen LogP contribution in [-0.2, 0) is 16.1 Å². The number of nitrogens with zero attached hydrogens (tertiary/aromatic N) is 2. The molecule has 1 heterocycles. The molecule has 6 heteroatoms. The number of benzene rings is 2. The Morgan fingerprint density at radius 2 is 1.85 bits per heavy atom. The zero-order chi connectivity index (χ0) is 19.6. The quantitative estimate of drug-likeness (QED) is 0.803. The second kappa shape index (κ2) is 7.86. The third-order valence-electron chi connectivity index (χ3n) is 4.85. The van der Waals surface area contributed by atoms with Crippen molar-refractivity contribution < 1.29 is 18.4 Å². The second-order valence-electron chi connectivity index (χ2n) is 6.84. The topological polar surface area (TPSA) is 40.6 Å². The van der Waals surface area contributed by atoms with Gasteiger partial charge in [-0.3, -0.25) is 9.59 Å². The van der Waals surface area contributed by atoms with E-state index in [2.05, 4.69) is 0 Å². The van der Waals surface area contributed by atoms with Crippen LogP contribution in [0.5, 0.6) is 0 Å². The van der Waals surface area contributed by atoms with Gasteiger partial charge in [-0.15, -0.1) is 0 Å². The summed E-state index contributed by atoms with van der Waals surface area (Å²) < 4.78 is 26.7. The summed E-state index contributed by atoms with van der Waals surface area (Å²) in [4.78, 5) is 28.3. The Kier molecular flexibility index (Phi) is 5.54. The van der Waals surface area contributed by atoms with Crippen LogP contribution in [0.4, 0.5) is 14.5 Å². The van der Waals surface area contributed by atoms with Crippen molar-refractivity contribution in [3.05, 3.63) is 65.2 Å². The predicted octanol–water partition coefficient (Wildman–Crippen LogP) is 3.67. The number of hydrogen-bond donors (Lipinski definition) is 0. The average Bonchev–Trinajstić information content (AvgIpc) is 3.01. The van der Waals surface area contributed by atoms with E-state index in [9.17, 15) is 18.4 Å². The molecular formula is C21H22F2N2O2. The normalized spacial score (nSPS) is 16.7. The molecule has 2 aromatic carbocycles. The van der Waals surface area contributed by atoms with Gasteiger partial charge in [-0.05, 0) is 31.5 Å². The van der Waals surface area contributed by atoms with Gasteiger partial charge in [0.1, 0.15) is 0 Å². The van der Waals surface area contributed by atoms with E-state index >= 15 is 0 Å². The molecule has 1 saturated heterocycles. The molecule has 1 aliphatic heterocycles. The van der Waals surface area contributed by atoms with Gasteiger partial charge in [0, 0.05) is 37.8 Å². The molecule has 1 atom stereocenters. The van der Waals surface area contributed by atoms with Crippen LogP contribution < -0.4 is 4.90 Å². The molecule has 0 spiro atoms. The summed E-state index contributed by atoms with van der Waals surface area (Å²) in [6, 6.07) is 11.3. The minimum absolute atomic E-state index is 0.0738. The molecule has 1 aliphatic rings. The molecule has 0 bridgehead atoms. The maximum atomic E-state index is 13.5. The molecule has 0 radical (unpaired) electrons. The van der Waals surface area contributed by atoms with Gasteiger partial charge >= 0.3 is 0 Å². The molecule has 2 aromatic rings. The number of amides is 2. The summed E-state index contributed by atoms with van der Waals surface area (Å²) in [5.74, 6) is -2.76. The van der Waals surface area contributed by atoms with Gasteiger partial charge in [0.15, 0.2) is 11.6 Å². The predicted molar refractivity (Wildman–Crippen MR) is 99.1 cm³/mol. The van der Waals surface area contributed by atoms with E-state index in [0.29, 0.717) is 25.3 Å². The smallest absolute Gasteiger partial charge is 0.232 e. The Balaban J connectivity index is 1.71. The van der Waals surface area contributed by atoms with E-state index in [0.717, 1.165) is 23.3 Å². The number of rotatable bonds is 5. The van der Waals surface area contributed by atoms with Gasteiger partial charge < -0.3 is 9.80 Å². The molecule has 1 unspecified atom stereocenters. The summed E-state index contributed by atoms with van der Waals surface area (Å²) in [5, 5.41) is 0. The van der Waals surface area contributed by atoms with Crippen LogP contribution in [0.3, 0.4) is 0 Å². The minimum Gasteiger partial charge on any atom is -0.338 e. The number of halogens is 2. The Hall–Kier alpha value is -2.76. The third kappa shape index (κ3) is 4.15. The van der Waals surface area contributed by atoms with Crippen molar-refractivity contribution in [2.75, 3.05) is 18.0 Å². The maximum Gasteiger partial charge on any atom is 0.232 e. The number of carbonyl (C=O) groups is 2. The van der Waals surface area contributed by atoms with E-state index in [1.807, 2.05) is 31.2 Å². The summed E-state index contributed by atoms with van der Waals surface area (Å²) in [6.07, 6.45) is 0.130. The fourth-order valence-electron chi connectivity index (χ4n) is 3.34. The van der Waals surface area contributed by atoms with Crippen molar-refractivity contribution in [3.8, 4) is 0 Å². The Morgan fingerprint density at radius 1 is 1.15 bits per heavy atom. The van der Waals surface area contributed by atoms with Gasteiger partial charge in [-0.25, -0.2) is 8.78 Å². The number of likely N-dealkylation sites (tertiary alicyclic amines) is 1. The largest absolute Gasteiger partial charge is 0.338 e. The fourth-order valence-corrected chi connectivity index (χ4v) is 3.34. The first-order valence-electron chi connectivity index (χ1n) is 8.98. The van der Waals surface area contributed by atoms with Crippen LogP contribution in [0, 0.1) is 24.5 Å². The lowest BCUT2D eigenvalue weighted by atomic mass is 10.1. The van der Waals surface area contributed by atoms with Gasteiger partial charge in [-0.2, -0.15) is 0 Å².